The number of benzene rings is 2. The van der Waals surface area contributed by atoms with E-state index in [0.717, 1.165) is 30.6 Å². The first kappa shape index (κ1) is 18.9. The zero-order valence-corrected chi connectivity index (χ0v) is 15.9. The first-order valence-corrected chi connectivity index (χ1v) is 9.03. The highest BCUT2D eigenvalue weighted by molar-refractivity contribution is 7.80. The number of hydrogen-bond donors (Lipinski definition) is 2. The van der Waals surface area contributed by atoms with Crippen molar-refractivity contribution in [3.05, 3.63) is 59.7 Å². The third-order valence-electron chi connectivity index (χ3n) is 3.87. The molecule has 25 heavy (non-hydrogen) atoms. The summed E-state index contributed by atoms with van der Waals surface area (Å²) in [5.74, 6) is 0. The summed E-state index contributed by atoms with van der Waals surface area (Å²) in [6.07, 6.45) is 3.90. The first-order valence-electron chi connectivity index (χ1n) is 8.62. The van der Waals surface area contributed by atoms with Gasteiger partial charge in [-0.1, -0.05) is 38.1 Å². The molecule has 0 saturated heterocycles. The highest BCUT2D eigenvalue weighted by atomic mass is 32.1. The van der Waals surface area contributed by atoms with Crippen LogP contribution in [-0.2, 0) is 6.42 Å². The van der Waals surface area contributed by atoms with Crippen LogP contribution < -0.4 is 15.6 Å². The van der Waals surface area contributed by atoms with Gasteiger partial charge in [-0.15, -0.1) is 0 Å². The van der Waals surface area contributed by atoms with E-state index in [2.05, 4.69) is 65.9 Å². The van der Waals surface area contributed by atoms with Crippen LogP contribution >= 0.6 is 12.2 Å². The van der Waals surface area contributed by atoms with Crippen LogP contribution in [-0.4, -0.2) is 24.9 Å². The van der Waals surface area contributed by atoms with Gasteiger partial charge < -0.3 is 10.2 Å². The van der Waals surface area contributed by atoms with Crippen molar-refractivity contribution in [3.63, 3.8) is 0 Å². The molecule has 0 fully saturated rings. The van der Waals surface area contributed by atoms with Gasteiger partial charge in [0.05, 0.1) is 6.21 Å². The van der Waals surface area contributed by atoms with E-state index in [1.54, 1.807) is 6.21 Å². The van der Waals surface area contributed by atoms with Gasteiger partial charge >= 0.3 is 0 Å². The molecule has 2 aromatic carbocycles. The molecule has 2 rings (SSSR count). The number of rotatable bonds is 7. The summed E-state index contributed by atoms with van der Waals surface area (Å²) in [4.78, 5) is 2.24. The molecule has 0 radical (unpaired) electrons. The topological polar surface area (TPSA) is 39.7 Å². The van der Waals surface area contributed by atoms with Crippen molar-refractivity contribution in [1.82, 2.24) is 5.43 Å². The number of anilines is 2. The summed E-state index contributed by atoms with van der Waals surface area (Å²) in [6, 6.07) is 16.5. The number of hydrogen-bond acceptors (Lipinski definition) is 3. The van der Waals surface area contributed by atoms with E-state index >= 15 is 0 Å². The van der Waals surface area contributed by atoms with Crippen LogP contribution in [0.3, 0.4) is 0 Å². The van der Waals surface area contributed by atoms with Gasteiger partial charge in [-0.05, 0) is 60.5 Å². The molecule has 0 saturated carbocycles. The minimum absolute atomic E-state index is 0.476. The van der Waals surface area contributed by atoms with Crippen LogP contribution in [0.25, 0.3) is 0 Å². The molecule has 0 amide bonds. The second-order valence-electron chi connectivity index (χ2n) is 5.89. The predicted octanol–water partition coefficient (Wildman–Crippen LogP) is 4.42. The summed E-state index contributed by atoms with van der Waals surface area (Å²) in [6.45, 7) is 5.36. The molecule has 2 aromatic rings. The normalized spacial score (nSPS) is 10.7. The highest BCUT2D eigenvalue weighted by Gasteiger charge is 1.99. The molecule has 2 N–H and O–H groups in total. The minimum Gasteiger partial charge on any atom is -0.375 e. The lowest BCUT2D eigenvalue weighted by molar-refractivity contribution is 0.852. The Kier molecular flexibility index (Phi) is 7.41. The summed E-state index contributed by atoms with van der Waals surface area (Å²) < 4.78 is 0. The van der Waals surface area contributed by atoms with Crippen LogP contribution in [0.1, 0.15) is 31.4 Å². The van der Waals surface area contributed by atoms with Crippen molar-refractivity contribution in [2.75, 3.05) is 23.8 Å². The van der Waals surface area contributed by atoms with E-state index < -0.39 is 0 Å². The second kappa shape index (κ2) is 9.79. The quantitative estimate of drug-likeness (QED) is 0.439. The fourth-order valence-corrected chi connectivity index (χ4v) is 2.64. The lowest BCUT2D eigenvalue weighted by atomic mass is 10.1. The van der Waals surface area contributed by atoms with E-state index in [1.165, 1.54) is 11.3 Å². The van der Waals surface area contributed by atoms with Gasteiger partial charge in [0.25, 0.3) is 0 Å². The van der Waals surface area contributed by atoms with Crippen molar-refractivity contribution in [1.29, 1.82) is 0 Å². The SMILES string of the molecule is CCCN(C)c1ccc(C=NNC(=S)Nc2cccc(CC)c2)cc1. The second-order valence-corrected chi connectivity index (χ2v) is 6.30. The maximum Gasteiger partial charge on any atom is 0.191 e. The molecular weight excluding hydrogens is 328 g/mol. The Morgan fingerprint density at radius 1 is 1.16 bits per heavy atom. The Morgan fingerprint density at radius 2 is 1.92 bits per heavy atom. The van der Waals surface area contributed by atoms with Gasteiger partial charge in [-0.25, -0.2) is 0 Å². The molecule has 0 atom stereocenters. The molecular formula is C20H26N4S. The summed E-state index contributed by atoms with van der Waals surface area (Å²) in [5.41, 5.74) is 7.32. The van der Waals surface area contributed by atoms with Gasteiger partial charge in [0.15, 0.2) is 5.11 Å². The van der Waals surface area contributed by atoms with Crippen molar-refractivity contribution in [2.45, 2.75) is 26.7 Å². The van der Waals surface area contributed by atoms with E-state index in [4.69, 9.17) is 12.2 Å². The molecule has 0 spiro atoms. The van der Waals surface area contributed by atoms with Gasteiger partial charge in [-0.3, -0.25) is 5.43 Å². The Hall–Kier alpha value is -2.40. The minimum atomic E-state index is 0.476. The third-order valence-corrected chi connectivity index (χ3v) is 4.06. The third kappa shape index (κ3) is 6.19. The molecule has 0 aliphatic rings. The smallest absolute Gasteiger partial charge is 0.191 e. The van der Waals surface area contributed by atoms with Crippen LogP contribution in [0.15, 0.2) is 53.6 Å². The average Bonchev–Trinajstić information content (AvgIpc) is 2.62. The van der Waals surface area contributed by atoms with Crippen LogP contribution in [0.2, 0.25) is 0 Å². The van der Waals surface area contributed by atoms with E-state index in [0.29, 0.717) is 5.11 Å². The molecule has 0 bridgehead atoms. The lowest BCUT2D eigenvalue weighted by Gasteiger charge is -2.18. The maximum atomic E-state index is 5.27. The largest absolute Gasteiger partial charge is 0.375 e. The predicted molar refractivity (Wildman–Crippen MR) is 113 cm³/mol. The van der Waals surface area contributed by atoms with Crippen molar-refractivity contribution in [3.8, 4) is 0 Å². The molecule has 5 heteroatoms. The Bertz CT molecular complexity index is 710. The van der Waals surface area contributed by atoms with Gasteiger partial charge in [0, 0.05) is 25.0 Å². The Morgan fingerprint density at radius 3 is 2.60 bits per heavy atom. The molecule has 0 aliphatic heterocycles. The molecule has 132 valence electrons. The molecule has 0 aliphatic carbocycles. The lowest BCUT2D eigenvalue weighted by Crippen LogP contribution is -2.23. The fraction of sp³-hybridized carbons (Fsp3) is 0.300. The molecule has 0 unspecified atom stereocenters. The molecule has 0 aromatic heterocycles. The number of nitrogens with one attached hydrogen (secondary N) is 2. The Balaban J connectivity index is 1.86. The average molecular weight is 355 g/mol. The van der Waals surface area contributed by atoms with Gasteiger partial charge in [0.2, 0.25) is 0 Å². The zero-order valence-electron chi connectivity index (χ0n) is 15.1. The van der Waals surface area contributed by atoms with Crippen molar-refractivity contribution < 1.29 is 0 Å². The van der Waals surface area contributed by atoms with Gasteiger partial charge in [-0.2, -0.15) is 5.10 Å². The summed E-state index contributed by atoms with van der Waals surface area (Å²) >= 11 is 5.27. The van der Waals surface area contributed by atoms with Gasteiger partial charge in [0.1, 0.15) is 0 Å². The fourth-order valence-electron chi connectivity index (χ4n) is 2.47. The standard InChI is InChI=1S/C20H26N4S/c1-4-13-24(3)19-11-9-17(10-12-19)15-21-23-20(25)22-18-8-6-7-16(5-2)14-18/h6-12,14-15H,4-5,13H2,1-3H3,(H2,22,23,25). The van der Waals surface area contributed by atoms with Crippen molar-refractivity contribution in [2.24, 2.45) is 5.10 Å². The molecule has 0 heterocycles. The molecule has 4 nitrogen and oxygen atoms in total. The maximum absolute atomic E-state index is 5.27. The number of aryl methyl sites for hydroxylation is 1. The van der Waals surface area contributed by atoms with Crippen LogP contribution in [0.4, 0.5) is 11.4 Å². The van der Waals surface area contributed by atoms with E-state index in [9.17, 15) is 0 Å². The first-order chi connectivity index (χ1) is 12.1. The van der Waals surface area contributed by atoms with E-state index in [-0.39, 0.29) is 0 Å². The number of hydrazone groups is 1. The monoisotopic (exact) mass is 354 g/mol. The zero-order chi connectivity index (χ0) is 18.1. The Labute approximate surface area is 155 Å². The van der Waals surface area contributed by atoms with Crippen LogP contribution in [0, 0.1) is 0 Å². The van der Waals surface area contributed by atoms with Crippen molar-refractivity contribution >= 4 is 34.9 Å². The highest BCUT2D eigenvalue weighted by Crippen LogP contribution is 2.13. The number of nitrogens with zero attached hydrogens (tertiary/aromatic N) is 2. The summed E-state index contributed by atoms with van der Waals surface area (Å²) in [7, 11) is 2.10. The number of thiocarbonyl (C=S) groups is 1. The summed E-state index contributed by atoms with van der Waals surface area (Å²) in [5, 5.41) is 7.82. The van der Waals surface area contributed by atoms with E-state index in [1.807, 2.05) is 24.3 Å². The van der Waals surface area contributed by atoms with Crippen LogP contribution in [0.5, 0.6) is 0 Å².